The number of hydrogen-bond donors (Lipinski definition) is 1. The van der Waals surface area contributed by atoms with Gasteiger partial charge in [0.1, 0.15) is 5.60 Å². The van der Waals surface area contributed by atoms with Gasteiger partial charge < -0.3 is 15.0 Å². The van der Waals surface area contributed by atoms with E-state index >= 15 is 0 Å². The summed E-state index contributed by atoms with van der Waals surface area (Å²) in [6.07, 6.45) is 0.623. The van der Waals surface area contributed by atoms with Crippen molar-refractivity contribution in [2.24, 2.45) is 0 Å². The Labute approximate surface area is 168 Å². The van der Waals surface area contributed by atoms with Gasteiger partial charge in [-0.15, -0.1) is 0 Å². The van der Waals surface area contributed by atoms with Gasteiger partial charge in [0.15, 0.2) is 0 Å². The Morgan fingerprint density at radius 2 is 1.92 bits per heavy atom. The van der Waals surface area contributed by atoms with E-state index in [2.05, 4.69) is 5.32 Å². The van der Waals surface area contributed by atoms with E-state index in [4.69, 9.17) is 27.9 Å². The Balaban J connectivity index is 2.53. The quantitative estimate of drug-likeness (QED) is 0.571. The van der Waals surface area contributed by atoms with Gasteiger partial charge in [-0.1, -0.05) is 23.2 Å². The number of benzene rings is 1. The molecule has 1 unspecified atom stereocenters. The zero-order valence-corrected chi connectivity index (χ0v) is 17.9. The van der Waals surface area contributed by atoms with E-state index < -0.39 is 11.5 Å². The topological polar surface area (TPSA) is 58.6 Å². The molecule has 8 heteroatoms. The van der Waals surface area contributed by atoms with Gasteiger partial charge in [-0.05, 0) is 62.7 Å². The van der Waals surface area contributed by atoms with Crippen LogP contribution in [0.2, 0.25) is 10.0 Å². The number of carbonyl (C=O) groups is 2. The van der Waals surface area contributed by atoms with Crippen LogP contribution in [0.25, 0.3) is 0 Å². The zero-order chi connectivity index (χ0) is 19.6. The van der Waals surface area contributed by atoms with Gasteiger partial charge in [0, 0.05) is 30.6 Å². The van der Waals surface area contributed by atoms with E-state index in [1.165, 1.54) is 4.90 Å². The van der Waals surface area contributed by atoms with E-state index in [1.807, 2.05) is 20.8 Å². The number of nitrogens with zero attached hydrogens (tertiary/aromatic N) is 1. The molecule has 144 valence electrons. The molecule has 1 heterocycles. The third-order valence-corrected chi connectivity index (χ3v) is 5.75. The molecule has 1 atom stereocenters. The molecule has 0 spiro atoms. The van der Waals surface area contributed by atoms with Gasteiger partial charge in [0.2, 0.25) is 0 Å². The van der Waals surface area contributed by atoms with Crippen LogP contribution in [0, 0.1) is 0 Å². The second-order valence-corrected chi connectivity index (χ2v) is 9.14. The average Bonchev–Trinajstić information content (AvgIpc) is 2.72. The number of halogens is 2. The summed E-state index contributed by atoms with van der Waals surface area (Å²) in [6, 6.07) is 1.61. The van der Waals surface area contributed by atoms with E-state index in [1.54, 1.807) is 20.2 Å². The van der Waals surface area contributed by atoms with Crippen molar-refractivity contribution in [2.45, 2.75) is 43.6 Å². The first-order chi connectivity index (χ1) is 12.0. The van der Waals surface area contributed by atoms with Gasteiger partial charge in [0.05, 0.1) is 10.9 Å². The number of amides is 1. The van der Waals surface area contributed by atoms with Crippen molar-refractivity contribution < 1.29 is 14.3 Å². The molecule has 1 N–H and O–H groups in total. The molecule has 1 aliphatic rings. The molecule has 0 aliphatic carbocycles. The van der Waals surface area contributed by atoms with Crippen LogP contribution in [0.3, 0.4) is 0 Å². The molecule has 5 nitrogen and oxygen atoms in total. The fourth-order valence-corrected chi connectivity index (χ4v) is 4.31. The SMILES string of the molecule is CN(C)C(=O)Sc1c(Cl)cc(Cl)c2c1CCNCC2C(=O)OC(C)(C)C. The lowest BCUT2D eigenvalue weighted by Gasteiger charge is -2.25. The van der Waals surface area contributed by atoms with Gasteiger partial charge in [-0.3, -0.25) is 9.59 Å². The Hall–Kier alpha value is -0.950. The Bertz CT molecular complexity index is 717. The molecule has 1 amide bonds. The molecule has 1 aromatic rings. The molecule has 0 saturated carbocycles. The third-order valence-electron chi connectivity index (χ3n) is 3.82. The molecular weight excluding hydrogens is 395 g/mol. The Kier molecular flexibility index (Phi) is 6.88. The molecule has 2 rings (SSSR count). The van der Waals surface area contributed by atoms with Crippen LogP contribution in [-0.4, -0.2) is 48.9 Å². The van der Waals surface area contributed by atoms with Crippen LogP contribution < -0.4 is 5.32 Å². The average molecular weight is 419 g/mol. The molecule has 26 heavy (non-hydrogen) atoms. The number of rotatable bonds is 2. The van der Waals surface area contributed by atoms with E-state index in [9.17, 15) is 9.59 Å². The van der Waals surface area contributed by atoms with Crippen LogP contribution in [0.1, 0.15) is 37.8 Å². The van der Waals surface area contributed by atoms with E-state index in [0.29, 0.717) is 40.0 Å². The summed E-state index contributed by atoms with van der Waals surface area (Å²) in [6.45, 7) is 6.57. The fraction of sp³-hybridized carbons (Fsp3) is 0.556. The maximum absolute atomic E-state index is 12.8. The van der Waals surface area contributed by atoms with Crippen molar-refractivity contribution in [3.8, 4) is 0 Å². The number of esters is 1. The molecule has 1 aliphatic heterocycles. The molecular formula is C18H24Cl2N2O3S. The highest BCUT2D eigenvalue weighted by Gasteiger charge is 2.33. The second-order valence-electron chi connectivity index (χ2n) is 7.36. The minimum absolute atomic E-state index is 0.137. The minimum Gasteiger partial charge on any atom is -0.459 e. The molecule has 0 radical (unpaired) electrons. The number of nitrogens with one attached hydrogen (secondary N) is 1. The summed E-state index contributed by atoms with van der Waals surface area (Å²) in [7, 11) is 3.37. The lowest BCUT2D eigenvalue weighted by Crippen LogP contribution is -2.32. The van der Waals surface area contributed by atoms with Crippen LogP contribution in [-0.2, 0) is 16.0 Å². The molecule has 0 bridgehead atoms. The summed E-state index contributed by atoms with van der Waals surface area (Å²) in [5.41, 5.74) is 0.939. The fourth-order valence-electron chi connectivity index (χ4n) is 2.72. The number of hydrogen-bond acceptors (Lipinski definition) is 5. The largest absolute Gasteiger partial charge is 0.459 e. The Morgan fingerprint density at radius 3 is 2.50 bits per heavy atom. The van der Waals surface area contributed by atoms with Crippen molar-refractivity contribution in [1.82, 2.24) is 10.2 Å². The van der Waals surface area contributed by atoms with Crippen molar-refractivity contribution in [1.29, 1.82) is 0 Å². The highest BCUT2D eigenvalue weighted by atomic mass is 35.5. The number of thioether (sulfide) groups is 1. The lowest BCUT2D eigenvalue weighted by atomic mass is 9.93. The molecule has 0 aromatic heterocycles. The first-order valence-electron chi connectivity index (χ1n) is 8.34. The summed E-state index contributed by atoms with van der Waals surface area (Å²) < 4.78 is 5.58. The second kappa shape index (κ2) is 8.38. The van der Waals surface area contributed by atoms with E-state index in [0.717, 1.165) is 17.3 Å². The standard InChI is InChI=1S/C18H24Cl2N2O3S/c1-18(2,3)25-16(23)11-9-21-7-6-10-14(11)12(19)8-13(20)15(10)26-17(24)22(4)5/h8,11,21H,6-7,9H2,1-5H3. The molecule has 0 fully saturated rings. The first kappa shape index (κ1) is 21.4. The normalized spacial score (nSPS) is 17.3. The van der Waals surface area contributed by atoms with Crippen LogP contribution in [0.5, 0.6) is 0 Å². The highest BCUT2D eigenvalue weighted by Crippen LogP contribution is 2.42. The monoisotopic (exact) mass is 418 g/mol. The lowest BCUT2D eigenvalue weighted by molar-refractivity contribution is -0.156. The van der Waals surface area contributed by atoms with Crippen molar-refractivity contribution in [3.63, 3.8) is 0 Å². The summed E-state index contributed by atoms with van der Waals surface area (Å²) in [4.78, 5) is 27.1. The van der Waals surface area contributed by atoms with Crippen LogP contribution in [0.15, 0.2) is 11.0 Å². The minimum atomic E-state index is -0.596. The number of fused-ring (bicyclic) bond motifs is 1. The zero-order valence-electron chi connectivity index (χ0n) is 15.6. The summed E-state index contributed by atoms with van der Waals surface area (Å²) >= 11 is 13.9. The number of ether oxygens (including phenoxy) is 1. The van der Waals surface area contributed by atoms with Crippen LogP contribution in [0.4, 0.5) is 4.79 Å². The van der Waals surface area contributed by atoms with Crippen molar-refractivity contribution in [3.05, 3.63) is 27.2 Å². The van der Waals surface area contributed by atoms with Gasteiger partial charge >= 0.3 is 5.97 Å². The number of carbonyl (C=O) groups excluding carboxylic acids is 2. The summed E-state index contributed by atoms with van der Waals surface area (Å²) in [5, 5.41) is 3.96. The molecule has 1 aromatic carbocycles. The maximum atomic E-state index is 12.8. The summed E-state index contributed by atoms with van der Waals surface area (Å²) in [5.74, 6) is -0.891. The van der Waals surface area contributed by atoms with Gasteiger partial charge in [0.25, 0.3) is 5.24 Å². The maximum Gasteiger partial charge on any atom is 0.315 e. The van der Waals surface area contributed by atoms with Crippen molar-refractivity contribution >= 4 is 46.2 Å². The first-order valence-corrected chi connectivity index (χ1v) is 9.92. The molecule has 0 saturated heterocycles. The third kappa shape index (κ3) is 5.06. The van der Waals surface area contributed by atoms with Gasteiger partial charge in [-0.2, -0.15) is 0 Å². The predicted molar refractivity (Wildman–Crippen MR) is 107 cm³/mol. The van der Waals surface area contributed by atoms with Crippen molar-refractivity contribution in [2.75, 3.05) is 27.2 Å². The van der Waals surface area contributed by atoms with Crippen LogP contribution >= 0.6 is 35.0 Å². The Morgan fingerprint density at radius 1 is 1.27 bits per heavy atom. The smallest absolute Gasteiger partial charge is 0.315 e. The van der Waals surface area contributed by atoms with E-state index in [-0.39, 0.29) is 11.2 Å². The van der Waals surface area contributed by atoms with Gasteiger partial charge in [-0.25, -0.2) is 0 Å². The predicted octanol–water partition coefficient (Wildman–Crippen LogP) is 4.34. The highest BCUT2D eigenvalue weighted by molar-refractivity contribution is 8.13.